The quantitative estimate of drug-likeness (QED) is 0.681. The van der Waals surface area contributed by atoms with Crippen molar-refractivity contribution in [3.8, 4) is 5.75 Å². The Morgan fingerprint density at radius 1 is 1.36 bits per heavy atom. The second kappa shape index (κ2) is 6.40. The average Bonchev–Trinajstić information content (AvgIpc) is 2.55. The molecule has 0 saturated heterocycles. The van der Waals surface area contributed by atoms with Gasteiger partial charge in [-0.2, -0.15) is 0 Å². The largest absolute Gasteiger partial charge is 0.508 e. The van der Waals surface area contributed by atoms with Crippen molar-refractivity contribution in [2.75, 3.05) is 6.54 Å². The molecule has 132 valence electrons. The van der Waals surface area contributed by atoms with Gasteiger partial charge in [-0.05, 0) is 6.07 Å². The minimum absolute atomic E-state index is 0.0108. The van der Waals surface area contributed by atoms with Gasteiger partial charge >= 0.3 is 0 Å². The summed E-state index contributed by atoms with van der Waals surface area (Å²) in [5, 5.41) is 20.9. The predicted octanol–water partition coefficient (Wildman–Crippen LogP) is 2.95. The molecule has 7 heteroatoms. The van der Waals surface area contributed by atoms with Gasteiger partial charge in [0.15, 0.2) is 0 Å². The van der Waals surface area contributed by atoms with Crippen molar-refractivity contribution in [1.82, 2.24) is 14.9 Å². The number of phenols is 1. The fourth-order valence-electron chi connectivity index (χ4n) is 2.92. The van der Waals surface area contributed by atoms with Crippen LogP contribution >= 0.6 is 0 Å². The number of aromatic hydroxyl groups is 1. The number of nitro groups is 1. The van der Waals surface area contributed by atoms with Crippen LogP contribution in [-0.2, 0) is 24.9 Å². The molecule has 1 aromatic heterocycles. The second-order valence-electron chi connectivity index (χ2n) is 7.45. The van der Waals surface area contributed by atoms with E-state index in [1.165, 1.54) is 18.2 Å². The first-order valence-corrected chi connectivity index (χ1v) is 8.28. The summed E-state index contributed by atoms with van der Waals surface area (Å²) in [7, 11) is 0. The van der Waals surface area contributed by atoms with E-state index in [0.717, 1.165) is 30.0 Å². The first-order chi connectivity index (χ1) is 11.7. The van der Waals surface area contributed by atoms with Gasteiger partial charge in [0, 0.05) is 66.6 Å². The predicted molar refractivity (Wildman–Crippen MR) is 93.3 cm³/mol. The summed E-state index contributed by atoms with van der Waals surface area (Å²) in [4.78, 5) is 21.8. The normalized spacial score (nSPS) is 15.0. The van der Waals surface area contributed by atoms with E-state index >= 15 is 0 Å². The summed E-state index contributed by atoms with van der Waals surface area (Å²) >= 11 is 0. The Kier molecular flexibility index (Phi) is 4.43. The maximum Gasteiger partial charge on any atom is 0.270 e. The van der Waals surface area contributed by atoms with E-state index < -0.39 is 4.92 Å². The smallest absolute Gasteiger partial charge is 0.270 e. The van der Waals surface area contributed by atoms with Crippen molar-refractivity contribution >= 4 is 5.69 Å². The molecule has 0 unspecified atom stereocenters. The van der Waals surface area contributed by atoms with Crippen molar-refractivity contribution in [2.24, 2.45) is 0 Å². The molecule has 0 aliphatic carbocycles. The maximum atomic E-state index is 10.9. The van der Waals surface area contributed by atoms with Crippen LogP contribution in [0.2, 0.25) is 0 Å². The number of hydrogen-bond donors (Lipinski definition) is 1. The molecule has 1 aliphatic heterocycles. The molecule has 0 fully saturated rings. The minimum Gasteiger partial charge on any atom is -0.508 e. The fraction of sp³-hybridized carbons (Fsp3) is 0.444. The summed E-state index contributed by atoms with van der Waals surface area (Å²) in [5.74, 6) is 0.923. The van der Waals surface area contributed by atoms with Crippen LogP contribution in [0.4, 0.5) is 5.69 Å². The van der Waals surface area contributed by atoms with Crippen LogP contribution in [0, 0.1) is 10.1 Å². The monoisotopic (exact) mass is 342 g/mol. The third-order valence-corrected chi connectivity index (χ3v) is 4.35. The maximum absolute atomic E-state index is 10.9. The topological polar surface area (TPSA) is 92.4 Å². The van der Waals surface area contributed by atoms with Crippen LogP contribution in [0.1, 0.15) is 43.4 Å². The van der Waals surface area contributed by atoms with Crippen LogP contribution in [0.15, 0.2) is 24.4 Å². The highest BCUT2D eigenvalue weighted by Crippen LogP contribution is 2.27. The molecule has 0 amide bonds. The van der Waals surface area contributed by atoms with Crippen molar-refractivity contribution in [2.45, 2.75) is 45.7 Å². The number of rotatable bonds is 3. The van der Waals surface area contributed by atoms with Gasteiger partial charge in [0.25, 0.3) is 5.69 Å². The highest BCUT2D eigenvalue weighted by Gasteiger charge is 2.23. The lowest BCUT2D eigenvalue weighted by atomic mass is 9.95. The standard InChI is InChI=1S/C18H22N4O3/c1-18(2,3)17-19-9-13-11-21(7-6-15(13)20-17)10-12-8-14(22(24)25)4-5-16(12)23/h4-5,8-9,23H,6-7,10-11H2,1-3H3. The van der Waals surface area contributed by atoms with E-state index in [1.54, 1.807) is 0 Å². The fourth-order valence-corrected chi connectivity index (χ4v) is 2.92. The summed E-state index contributed by atoms with van der Waals surface area (Å²) in [6.45, 7) is 8.18. The van der Waals surface area contributed by atoms with Crippen molar-refractivity contribution < 1.29 is 10.0 Å². The Balaban J connectivity index is 1.78. The molecule has 7 nitrogen and oxygen atoms in total. The number of non-ortho nitro benzene ring substituents is 1. The van der Waals surface area contributed by atoms with Gasteiger partial charge in [-0.25, -0.2) is 9.97 Å². The van der Waals surface area contributed by atoms with Gasteiger partial charge in [0.1, 0.15) is 11.6 Å². The van der Waals surface area contributed by atoms with Gasteiger partial charge in [-0.1, -0.05) is 20.8 Å². The third kappa shape index (κ3) is 3.76. The zero-order chi connectivity index (χ0) is 18.2. The van der Waals surface area contributed by atoms with E-state index in [1.807, 2.05) is 6.20 Å². The van der Waals surface area contributed by atoms with E-state index in [-0.39, 0.29) is 16.9 Å². The highest BCUT2D eigenvalue weighted by atomic mass is 16.6. The van der Waals surface area contributed by atoms with Gasteiger partial charge in [0.2, 0.25) is 0 Å². The second-order valence-corrected chi connectivity index (χ2v) is 7.45. The number of benzene rings is 1. The molecule has 3 rings (SSSR count). The van der Waals surface area contributed by atoms with Crippen LogP contribution < -0.4 is 0 Å². The molecule has 1 aliphatic rings. The molecular formula is C18H22N4O3. The highest BCUT2D eigenvalue weighted by molar-refractivity contribution is 5.43. The number of phenolic OH excluding ortho intramolecular Hbond substituents is 1. The molecule has 0 bridgehead atoms. The summed E-state index contributed by atoms with van der Waals surface area (Å²) in [6, 6.07) is 4.13. The number of aromatic nitrogens is 2. The van der Waals surface area contributed by atoms with Gasteiger partial charge in [-0.15, -0.1) is 0 Å². The van der Waals surface area contributed by atoms with Crippen LogP contribution in [0.3, 0.4) is 0 Å². The Bertz CT molecular complexity index is 814. The molecule has 2 aromatic rings. The van der Waals surface area contributed by atoms with Crippen LogP contribution in [0.25, 0.3) is 0 Å². The Hall–Kier alpha value is -2.54. The summed E-state index contributed by atoms with van der Waals surface area (Å²) in [6.07, 6.45) is 2.68. The number of nitro benzene ring substituents is 1. The number of fused-ring (bicyclic) bond motifs is 1. The molecule has 0 spiro atoms. The average molecular weight is 342 g/mol. The lowest BCUT2D eigenvalue weighted by Gasteiger charge is -2.29. The molecule has 1 N–H and O–H groups in total. The van der Waals surface area contributed by atoms with Crippen molar-refractivity contribution in [1.29, 1.82) is 0 Å². The summed E-state index contributed by atoms with van der Waals surface area (Å²) in [5.41, 5.74) is 2.61. The van der Waals surface area contributed by atoms with Crippen molar-refractivity contribution in [3.63, 3.8) is 0 Å². The molecule has 0 saturated carbocycles. The van der Waals surface area contributed by atoms with Crippen LogP contribution in [-0.4, -0.2) is 31.4 Å². The number of nitrogens with zero attached hydrogens (tertiary/aromatic N) is 4. The Morgan fingerprint density at radius 2 is 2.12 bits per heavy atom. The van der Waals surface area contributed by atoms with E-state index in [0.29, 0.717) is 18.7 Å². The van der Waals surface area contributed by atoms with E-state index in [2.05, 4.69) is 30.7 Å². The van der Waals surface area contributed by atoms with Crippen molar-refractivity contribution in [3.05, 3.63) is 57.2 Å². The third-order valence-electron chi connectivity index (χ3n) is 4.35. The zero-order valence-corrected chi connectivity index (χ0v) is 14.7. The Morgan fingerprint density at radius 3 is 2.80 bits per heavy atom. The first-order valence-electron chi connectivity index (χ1n) is 8.28. The molecule has 25 heavy (non-hydrogen) atoms. The lowest BCUT2D eigenvalue weighted by Crippen LogP contribution is -2.32. The van der Waals surface area contributed by atoms with E-state index in [9.17, 15) is 15.2 Å². The molecule has 0 atom stereocenters. The van der Waals surface area contributed by atoms with Gasteiger partial charge < -0.3 is 5.11 Å². The zero-order valence-electron chi connectivity index (χ0n) is 14.7. The molecule has 1 aromatic carbocycles. The minimum atomic E-state index is -0.448. The van der Waals surface area contributed by atoms with Gasteiger partial charge in [-0.3, -0.25) is 15.0 Å². The number of hydrogen-bond acceptors (Lipinski definition) is 6. The SMILES string of the molecule is CC(C)(C)c1ncc2c(n1)CCN(Cc1cc([N+](=O)[O-])ccc1O)C2. The Labute approximate surface area is 146 Å². The molecule has 2 heterocycles. The first kappa shape index (κ1) is 17.3. The summed E-state index contributed by atoms with van der Waals surface area (Å²) < 4.78 is 0. The molecule has 0 radical (unpaired) electrons. The van der Waals surface area contributed by atoms with E-state index in [4.69, 9.17) is 4.98 Å². The lowest BCUT2D eigenvalue weighted by molar-refractivity contribution is -0.385. The van der Waals surface area contributed by atoms with Crippen LogP contribution in [0.5, 0.6) is 5.75 Å². The molecular weight excluding hydrogens is 320 g/mol. The van der Waals surface area contributed by atoms with Gasteiger partial charge in [0.05, 0.1) is 4.92 Å².